The van der Waals surface area contributed by atoms with Crippen LogP contribution in [0.25, 0.3) is 0 Å². The van der Waals surface area contributed by atoms with Gasteiger partial charge >= 0.3 is 0 Å². The van der Waals surface area contributed by atoms with Crippen LogP contribution >= 0.6 is 31.9 Å². The van der Waals surface area contributed by atoms with E-state index in [4.69, 9.17) is 0 Å². The third-order valence-corrected chi connectivity index (χ3v) is 4.56. The minimum Gasteiger partial charge on any atom is -0.335 e. The lowest BCUT2D eigenvalue weighted by atomic mass is 10.1. The van der Waals surface area contributed by atoms with E-state index in [0.717, 1.165) is 14.5 Å². The second-order valence-electron chi connectivity index (χ2n) is 4.77. The van der Waals surface area contributed by atoms with Crippen molar-refractivity contribution in [2.45, 2.75) is 13.0 Å². The summed E-state index contributed by atoms with van der Waals surface area (Å²) in [5, 5.41) is 0. The number of carbonyl (C=O) groups is 1. The summed E-state index contributed by atoms with van der Waals surface area (Å²) < 4.78 is 14.6. The molecular formula is C16H14Br2FNO. The van der Waals surface area contributed by atoms with Crippen molar-refractivity contribution in [1.82, 2.24) is 4.90 Å². The Morgan fingerprint density at radius 1 is 1.14 bits per heavy atom. The zero-order chi connectivity index (χ0) is 15.6. The molecule has 0 aliphatic rings. The number of nitrogens with zero attached hydrogens (tertiary/aromatic N) is 1. The summed E-state index contributed by atoms with van der Waals surface area (Å²) in [6, 6.07) is 11.5. The number of carbonyl (C=O) groups excluding carboxylic acids is 1. The number of halogens is 3. The van der Waals surface area contributed by atoms with Gasteiger partial charge in [-0.05, 0) is 58.7 Å². The van der Waals surface area contributed by atoms with Gasteiger partial charge < -0.3 is 4.90 Å². The minimum absolute atomic E-state index is 0.0915. The monoisotopic (exact) mass is 413 g/mol. The molecule has 2 rings (SSSR count). The summed E-state index contributed by atoms with van der Waals surface area (Å²) in [5.41, 5.74) is 1.48. The normalized spacial score (nSPS) is 12.0. The van der Waals surface area contributed by atoms with Crippen LogP contribution in [0.4, 0.5) is 4.39 Å². The Kier molecular flexibility index (Phi) is 5.17. The van der Waals surface area contributed by atoms with E-state index in [-0.39, 0.29) is 17.8 Å². The molecule has 5 heteroatoms. The summed E-state index contributed by atoms with van der Waals surface area (Å²) >= 11 is 6.77. The molecule has 0 heterocycles. The fourth-order valence-corrected chi connectivity index (χ4v) is 3.21. The van der Waals surface area contributed by atoms with E-state index in [0.29, 0.717) is 5.56 Å². The highest BCUT2D eigenvalue weighted by Gasteiger charge is 2.20. The van der Waals surface area contributed by atoms with Crippen LogP contribution in [0.15, 0.2) is 51.4 Å². The first kappa shape index (κ1) is 16.2. The van der Waals surface area contributed by atoms with E-state index in [9.17, 15) is 9.18 Å². The quantitative estimate of drug-likeness (QED) is 0.677. The smallest absolute Gasteiger partial charge is 0.255 e. The first-order chi connectivity index (χ1) is 9.90. The molecule has 0 N–H and O–H groups in total. The molecule has 0 aromatic heterocycles. The Balaban J connectivity index is 2.24. The van der Waals surface area contributed by atoms with Gasteiger partial charge in [-0.3, -0.25) is 4.79 Å². The maximum absolute atomic E-state index is 13.0. The van der Waals surface area contributed by atoms with Crippen molar-refractivity contribution in [1.29, 1.82) is 0 Å². The first-order valence-corrected chi connectivity index (χ1v) is 7.96. The van der Waals surface area contributed by atoms with Gasteiger partial charge in [0.05, 0.1) is 11.6 Å². The molecule has 21 heavy (non-hydrogen) atoms. The third kappa shape index (κ3) is 3.71. The molecule has 2 aromatic rings. The van der Waals surface area contributed by atoms with E-state index < -0.39 is 0 Å². The van der Waals surface area contributed by atoms with Gasteiger partial charge in [0.15, 0.2) is 0 Å². The summed E-state index contributed by atoms with van der Waals surface area (Å²) in [7, 11) is 1.74. The Morgan fingerprint density at radius 2 is 1.76 bits per heavy atom. The van der Waals surface area contributed by atoms with Gasteiger partial charge in [0, 0.05) is 16.0 Å². The van der Waals surface area contributed by atoms with Gasteiger partial charge in [-0.2, -0.15) is 0 Å². The van der Waals surface area contributed by atoms with Gasteiger partial charge in [0.25, 0.3) is 5.91 Å². The van der Waals surface area contributed by atoms with Crippen LogP contribution in [0.3, 0.4) is 0 Å². The second kappa shape index (κ2) is 6.71. The molecule has 0 aliphatic heterocycles. The average molecular weight is 415 g/mol. The van der Waals surface area contributed by atoms with Crippen molar-refractivity contribution >= 4 is 37.8 Å². The summed E-state index contributed by atoms with van der Waals surface area (Å²) in [5.74, 6) is -0.373. The van der Waals surface area contributed by atoms with E-state index in [1.807, 2.05) is 19.1 Å². The van der Waals surface area contributed by atoms with Crippen LogP contribution in [0, 0.1) is 5.82 Å². The zero-order valence-corrected chi connectivity index (χ0v) is 14.8. The molecule has 110 valence electrons. The Bertz CT molecular complexity index is 658. The van der Waals surface area contributed by atoms with Crippen LogP contribution < -0.4 is 0 Å². The van der Waals surface area contributed by atoms with Crippen LogP contribution in [-0.4, -0.2) is 17.9 Å². The lowest BCUT2D eigenvalue weighted by Crippen LogP contribution is -2.29. The van der Waals surface area contributed by atoms with Crippen molar-refractivity contribution < 1.29 is 9.18 Å². The number of benzene rings is 2. The lowest BCUT2D eigenvalue weighted by molar-refractivity contribution is 0.0741. The molecule has 0 saturated heterocycles. The van der Waals surface area contributed by atoms with E-state index in [1.54, 1.807) is 30.1 Å². The fraction of sp³-hybridized carbons (Fsp3) is 0.188. The van der Waals surface area contributed by atoms with Gasteiger partial charge in [-0.25, -0.2) is 4.39 Å². The van der Waals surface area contributed by atoms with Crippen molar-refractivity contribution in [3.05, 3.63) is 68.4 Å². The zero-order valence-electron chi connectivity index (χ0n) is 11.6. The van der Waals surface area contributed by atoms with Gasteiger partial charge in [0.2, 0.25) is 0 Å². The summed E-state index contributed by atoms with van der Waals surface area (Å²) in [6.07, 6.45) is 0. The van der Waals surface area contributed by atoms with Crippen molar-refractivity contribution in [2.75, 3.05) is 7.05 Å². The molecule has 1 unspecified atom stereocenters. The summed E-state index contributed by atoms with van der Waals surface area (Å²) in [6.45, 7) is 1.91. The van der Waals surface area contributed by atoms with Crippen molar-refractivity contribution in [3.63, 3.8) is 0 Å². The molecule has 0 radical (unpaired) electrons. The molecule has 1 atom stereocenters. The van der Waals surface area contributed by atoms with Crippen LogP contribution in [-0.2, 0) is 0 Å². The molecule has 0 saturated carbocycles. The molecule has 2 aromatic carbocycles. The largest absolute Gasteiger partial charge is 0.335 e. The van der Waals surface area contributed by atoms with Gasteiger partial charge in [0.1, 0.15) is 5.82 Å². The highest BCUT2D eigenvalue weighted by Crippen LogP contribution is 2.26. The van der Waals surface area contributed by atoms with Crippen LogP contribution in [0.1, 0.15) is 28.9 Å². The number of hydrogen-bond donors (Lipinski definition) is 0. The van der Waals surface area contributed by atoms with Gasteiger partial charge in [-0.1, -0.05) is 28.1 Å². The molecular weight excluding hydrogens is 401 g/mol. The Hall–Kier alpha value is -1.20. The molecule has 0 fully saturated rings. The molecule has 2 nitrogen and oxygen atoms in total. The minimum atomic E-state index is -0.282. The van der Waals surface area contributed by atoms with E-state index in [1.165, 1.54) is 12.1 Å². The molecule has 0 aliphatic carbocycles. The molecule has 1 amide bonds. The Labute approximate surface area is 140 Å². The van der Waals surface area contributed by atoms with Crippen LogP contribution in [0.5, 0.6) is 0 Å². The number of rotatable bonds is 3. The van der Waals surface area contributed by atoms with Crippen LogP contribution in [0.2, 0.25) is 0 Å². The average Bonchev–Trinajstić information content (AvgIpc) is 2.46. The standard InChI is InChI=1S/C16H14Br2FNO/c1-10(11-3-6-13(19)7-4-11)20(2)16(21)14-8-5-12(17)9-15(14)18/h3-10H,1-2H3. The van der Waals surface area contributed by atoms with E-state index >= 15 is 0 Å². The second-order valence-corrected chi connectivity index (χ2v) is 6.54. The number of amides is 1. The van der Waals surface area contributed by atoms with Crippen molar-refractivity contribution in [3.8, 4) is 0 Å². The highest BCUT2D eigenvalue weighted by molar-refractivity contribution is 9.11. The number of hydrogen-bond acceptors (Lipinski definition) is 1. The molecule has 0 bridgehead atoms. The first-order valence-electron chi connectivity index (χ1n) is 6.38. The predicted molar refractivity (Wildman–Crippen MR) is 88.8 cm³/mol. The van der Waals surface area contributed by atoms with E-state index in [2.05, 4.69) is 31.9 Å². The maximum atomic E-state index is 13.0. The predicted octanol–water partition coefficient (Wildman–Crippen LogP) is 5.18. The maximum Gasteiger partial charge on any atom is 0.255 e. The van der Waals surface area contributed by atoms with Gasteiger partial charge in [-0.15, -0.1) is 0 Å². The fourth-order valence-electron chi connectivity index (χ4n) is 1.99. The molecule has 0 spiro atoms. The topological polar surface area (TPSA) is 20.3 Å². The van der Waals surface area contributed by atoms with Crippen molar-refractivity contribution in [2.24, 2.45) is 0 Å². The summed E-state index contributed by atoms with van der Waals surface area (Å²) in [4.78, 5) is 14.2. The Morgan fingerprint density at radius 3 is 2.33 bits per heavy atom. The highest BCUT2D eigenvalue weighted by atomic mass is 79.9. The SMILES string of the molecule is CC(c1ccc(F)cc1)N(C)C(=O)c1ccc(Br)cc1Br. The lowest BCUT2D eigenvalue weighted by Gasteiger charge is -2.26. The third-order valence-electron chi connectivity index (χ3n) is 3.42.